The summed E-state index contributed by atoms with van der Waals surface area (Å²) in [6.45, 7) is 4.30. The van der Waals surface area contributed by atoms with Crippen molar-refractivity contribution in [3.8, 4) is 11.5 Å². The molecule has 0 unspecified atom stereocenters. The second-order valence-corrected chi connectivity index (χ2v) is 5.09. The zero-order valence-electron chi connectivity index (χ0n) is 12.5. The normalized spacial score (nSPS) is 12.0. The Morgan fingerprint density at radius 2 is 2.05 bits per heavy atom. The fraction of sp³-hybridized carbons (Fsp3) is 0.400. The molecule has 22 heavy (non-hydrogen) atoms. The number of rotatable bonds is 5. The molecule has 0 aliphatic carbocycles. The van der Waals surface area contributed by atoms with Crippen molar-refractivity contribution in [2.45, 2.75) is 20.0 Å². The van der Waals surface area contributed by atoms with Crippen LogP contribution in [0.5, 0.6) is 11.5 Å². The lowest BCUT2D eigenvalue weighted by molar-refractivity contribution is -0.138. The number of halogens is 3. The molecule has 1 aromatic carbocycles. The number of phenols is 1. The van der Waals surface area contributed by atoms with E-state index in [-0.39, 0.29) is 11.5 Å². The molecule has 0 aliphatic rings. The first-order valence-electron chi connectivity index (χ1n) is 6.59. The number of nitrogens with one attached hydrogen (secondary N) is 1. The van der Waals surface area contributed by atoms with Gasteiger partial charge >= 0.3 is 6.18 Å². The summed E-state index contributed by atoms with van der Waals surface area (Å²) in [6, 6.07) is 1.91. The van der Waals surface area contributed by atoms with Gasteiger partial charge in [0.05, 0.1) is 7.11 Å². The fourth-order valence-electron chi connectivity index (χ4n) is 1.69. The van der Waals surface area contributed by atoms with E-state index in [1.54, 1.807) is 0 Å². The van der Waals surface area contributed by atoms with E-state index in [1.807, 2.05) is 13.8 Å². The van der Waals surface area contributed by atoms with Gasteiger partial charge in [-0.2, -0.15) is 13.2 Å². The number of hydrogen-bond donors (Lipinski definition) is 2. The Morgan fingerprint density at radius 3 is 2.55 bits per heavy atom. The average Bonchev–Trinajstić information content (AvgIpc) is 2.41. The van der Waals surface area contributed by atoms with Gasteiger partial charge in [-0.3, -0.25) is 4.79 Å². The maximum Gasteiger partial charge on any atom is 0.420 e. The van der Waals surface area contributed by atoms with Crippen LogP contribution in [-0.4, -0.2) is 24.7 Å². The molecule has 4 nitrogen and oxygen atoms in total. The topological polar surface area (TPSA) is 58.6 Å². The van der Waals surface area contributed by atoms with Gasteiger partial charge in [-0.15, -0.1) is 0 Å². The monoisotopic (exact) mass is 317 g/mol. The van der Waals surface area contributed by atoms with Gasteiger partial charge < -0.3 is 15.2 Å². The van der Waals surface area contributed by atoms with Gasteiger partial charge in [0, 0.05) is 12.6 Å². The van der Waals surface area contributed by atoms with E-state index in [9.17, 15) is 23.1 Å². The smallest absolute Gasteiger partial charge is 0.420 e. The molecule has 1 aromatic rings. The van der Waals surface area contributed by atoms with Crippen LogP contribution in [0.4, 0.5) is 13.2 Å². The standard InChI is InChI=1S/C15H18F3NO3/c1-9(2)8-19-13(21)5-4-10-6-11(15(16,17)18)14(22-3)12(20)7-10/h4-7,9,20H,8H2,1-3H3,(H,19,21)/b5-4+. The zero-order valence-corrected chi connectivity index (χ0v) is 12.5. The van der Waals surface area contributed by atoms with Crippen molar-refractivity contribution in [3.05, 3.63) is 29.3 Å². The minimum atomic E-state index is -4.67. The number of ether oxygens (including phenoxy) is 1. The molecule has 0 atom stereocenters. The van der Waals surface area contributed by atoms with Gasteiger partial charge in [0.15, 0.2) is 11.5 Å². The van der Waals surface area contributed by atoms with Gasteiger partial charge in [-0.1, -0.05) is 13.8 Å². The molecule has 0 heterocycles. The summed E-state index contributed by atoms with van der Waals surface area (Å²) in [5.74, 6) is -1.44. The molecule has 0 radical (unpaired) electrons. The molecule has 0 fully saturated rings. The third-order valence-corrected chi connectivity index (χ3v) is 2.71. The van der Waals surface area contributed by atoms with Crippen LogP contribution in [0.3, 0.4) is 0 Å². The molecule has 1 rings (SSSR count). The number of benzene rings is 1. The highest BCUT2D eigenvalue weighted by atomic mass is 19.4. The molecule has 0 saturated heterocycles. The number of methoxy groups -OCH3 is 1. The highest BCUT2D eigenvalue weighted by molar-refractivity contribution is 5.91. The predicted octanol–water partition coefficient (Wildman–Crippen LogP) is 3.21. The molecule has 122 valence electrons. The Hall–Kier alpha value is -2.18. The minimum Gasteiger partial charge on any atom is -0.504 e. The predicted molar refractivity (Wildman–Crippen MR) is 76.5 cm³/mol. The van der Waals surface area contributed by atoms with Crippen LogP contribution in [0.15, 0.2) is 18.2 Å². The number of aromatic hydroxyl groups is 1. The van der Waals surface area contributed by atoms with Crippen molar-refractivity contribution in [3.63, 3.8) is 0 Å². The Bertz CT molecular complexity index is 566. The maximum atomic E-state index is 12.9. The number of amides is 1. The van der Waals surface area contributed by atoms with Gasteiger partial charge in [0.2, 0.25) is 5.91 Å². The number of alkyl halides is 3. The summed E-state index contributed by atoms with van der Waals surface area (Å²) in [7, 11) is 1.04. The molecular formula is C15H18F3NO3. The molecule has 1 amide bonds. The van der Waals surface area contributed by atoms with E-state index in [0.717, 1.165) is 25.3 Å². The molecule has 2 N–H and O–H groups in total. The highest BCUT2D eigenvalue weighted by Crippen LogP contribution is 2.42. The van der Waals surface area contributed by atoms with Crippen LogP contribution in [0, 0.1) is 5.92 Å². The summed E-state index contributed by atoms with van der Waals surface area (Å²) in [5.41, 5.74) is -1.05. The second-order valence-electron chi connectivity index (χ2n) is 5.09. The Balaban J connectivity index is 3.02. The Kier molecular flexibility index (Phi) is 5.84. The van der Waals surface area contributed by atoms with Crippen molar-refractivity contribution < 1.29 is 27.8 Å². The zero-order chi connectivity index (χ0) is 16.9. The highest BCUT2D eigenvalue weighted by Gasteiger charge is 2.36. The molecular weight excluding hydrogens is 299 g/mol. The molecule has 0 bridgehead atoms. The van der Waals surface area contributed by atoms with E-state index in [1.165, 1.54) is 6.08 Å². The molecule has 0 aliphatic heterocycles. The van der Waals surface area contributed by atoms with Crippen LogP contribution in [0.1, 0.15) is 25.0 Å². The van der Waals surface area contributed by atoms with E-state index in [2.05, 4.69) is 10.1 Å². The fourth-order valence-corrected chi connectivity index (χ4v) is 1.69. The molecule has 0 spiro atoms. The van der Waals surface area contributed by atoms with Crippen molar-refractivity contribution in [1.29, 1.82) is 0 Å². The van der Waals surface area contributed by atoms with Crippen LogP contribution >= 0.6 is 0 Å². The van der Waals surface area contributed by atoms with E-state index >= 15 is 0 Å². The summed E-state index contributed by atoms with van der Waals surface area (Å²) in [5, 5.41) is 12.2. The van der Waals surface area contributed by atoms with E-state index in [0.29, 0.717) is 6.54 Å². The lowest BCUT2D eigenvalue weighted by Crippen LogP contribution is -2.25. The number of phenolic OH excluding ortho intramolecular Hbond substituents is 1. The first-order valence-corrected chi connectivity index (χ1v) is 6.59. The van der Waals surface area contributed by atoms with Gasteiger partial charge in [0.1, 0.15) is 5.56 Å². The van der Waals surface area contributed by atoms with Crippen molar-refractivity contribution >= 4 is 12.0 Å². The van der Waals surface area contributed by atoms with Gasteiger partial charge in [-0.05, 0) is 29.7 Å². The summed E-state index contributed by atoms with van der Waals surface area (Å²) >= 11 is 0. The Labute approximate surface area is 126 Å². The average molecular weight is 317 g/mol. The quantitative estimate of drug-likeness (QED) is 0.820. The lowest BCUT2D eigenvalue weighted by Gasteiger charge is -2.14. The Morgan fingerprint density at radius 1 is 1.41 bits per heavy atom. The maximum absolute atomic E-state index is 12.9. The lowest BCUT2D eigenvalue weighted by atomic mass is 10.1. The van der Waals surface area contributed by atoms with Gasteiger partial charge in [-0.25, -0.2) is 0 Å². The number of carbonyl (C=O) groups is 1. The van der Waals surface area contributed by atoms with E-state index in [4.69, 9.17) is 0 Å². The third kappa shape index (κ3) is 4.98. The number of hydrogen-bond acceptors (Lipinski definition) is 3. The van der Waals surface area contributed by atoms with Crippen LogP contribution in [0.25, 0.3) is 6.08 Å². The first kappa shape index (κ1) is 17.9. The summed E-state index contributed by atoms with van der Waals surface area (Å²) < 4.78 is 43.3. The van der Waals surface area contributed by atoms with Crippen LogP contribution in [-0.2, 0) is 11.0 Å². The molecule has 0 saturated carbocycles. The summed E-state index contributed by atoms with van der Waals surface area (Å²) in [6.07, 6.45) is -2.36. The number of carbonyl (C=O) groups excluding carboxylic acids is 1. The third-order valence-electron chi connectivity index (χ3n) is 2.71. The largest absolute Gasteiger partial charge is 0.504 e. The van der Waals surface area contributed by atoms with Crippen molar-refractivity contribution in [2.75, 3.05) is 13.7 Å². The second kappa shape index (κ2) is 7.20. The molecule has 7 heteroatoms. The molecule has 0 aromatic heterocycles. The SMILES string of the molecule is COc1c(O)cc(/C=C/C(=O)NCC(C)C)cc1C(F)(F)F. The van der Waals surface area contributed by atoms with Gasteiger partial charge in [0.25, 0.3) is 0 Å². The van der Waals surface area contributed by atoms with Crippen molar-refractivity contribution in [2.24, 2.45) is 5.92 Å². The van der Waals surface area contributed by atoms with E-state index < -0.39 is 29.1 Å². The van der Waals surface area contributed by atoms with Crippen LogP contribution < -0.4 is 10.1 Å². The minimum absolute atomic E-state index is 0.0466. The van der Waals surface area contributed by atoms with Crippen molar-refractivity contribution in [1.82, 2.24) is 5.32 Å². The first-order chi connectivity index (χ1) is 10.1. The van der Waals surface area contributed by atoms with Crippen LogP contribution in [0.2, 0.25) is 0 Å². The summed E-state index contributed by atoms with van der Waals surface area (Å²) in [4.78, 5) is 11.5.